The van der Waals surface area contributed by atoms with E-state index in [2.05, 4.69) is 21.1 Å². The number of nitrogens with one attached hydrogen (secondary N) is 2. The van der Waals surface area contributed by atoms with Crippen molar-refractivity contribution in [3.8, 4) is 6.07 Å². The van der Waals surface area contributed by atoms with Crippen LogP contribution in [0.4, 0.5) is 4.79 Å². The van der Waals surface area contributed by atoms with Crippen molar-refractivity contribution in [3.63, 3.8) is 0 Å². The molecule has 0 aromatic carbocycles. The molecule has 0 saturated carbocycles. The van der Waals surface area contributed by atoms with Gasteiger partial charge in [0.05, 0.1) is 24.6 Å². The standard InChI is InChI=1S/C13H19N5O7S/c14-4-8-3-9(15-5-8)7-24-16-12(19)11-2-1-10-6-17(11)13(20)18(10)25-26(21,22)23/h8-11,15H,1-3,5-7H2,(H,16,19)(H,21,22,23)/t8-,9-,10+,11-/m0/s1. The fraction of sp³-hybridized carbons (Fsp3) is 0.769. The van der Waals surface area contributed by atoms with Crippen LogP contribution in [0.1, 0.15) is 19.3 Å². The van der Waals surface area contributed by atoms with Crippen molar-refractivity contribution in [2.24, 2.45) is 5.92 Å². The van der Waals surface area contributed by atoms with Crippen molar-refractivity contribution in [2.45, 2.75) is 37.4 Å². The summed E-state index contributed by atoms with van der Waals surface area (Å²) in [5.41, 5.74) is 2.30. The number of fused-ring (bicyclic) bond motifs is 2. The Hall–Kier alpha value is -1.98. The summed E-state index contributed by atoms with van der Waals surface area (Å²) < 4.78 is 34.7. The molecule has 13 heteroatoms. The number of hydrogen-bond donors (Lipinski definition) is 3. The third-order valence-electron chi connectivity index (χ3n) is 4.66. The predicted octanol–water partition coefficient (Wildman–Crippen LogP) is -1.46. The van der Waals surface area contributed by atoms with Gasteiger partial charge in [-0.1, -0.05) is 0 Å². The normalized spacial score (nSPS) is 31.2. The zero-order valence-electron chi connectivity index (χ0n) is 13.7. The SMILES string of the molecule is N#C[C@H]1CN[C@H](CONC(=O)[C@@H]2CC[C@@H]3CN2C(=O)N3OS(=O)(=O)O)C1. The summed E-state index contributed by atoms with van der Waals surface area (Å²) in [4.78, 5) is 30.9. The van der Waals surface area contributed by atoms with Gasteiger partial charge < -0.3 is 10.2 Å². The molecule has 0 unspecified atom stereocenters. The molecular weight excluding hydrogens is 370 g/mol. The average Bonchev–Trinajstić information content (AvgIpc) is 3.13. The van der Waals surface area contributed by atoms with Gasteiger partial charge in [-0.15, -0.1) is 4.28 Å². The molecule has 0 spiro atoms. The van der Waals surface area contributed by atoms with Crippen LogP contribution < -0.4 is 10.8 Å². The summed E-state index contributed by atoms with van der Waals surface area (Å²) in [5.74, 6) is -0.606. The van der Waals surface area contributed by atoms with Crippen LogP contribution in [0.3, 0.4) is 0 Å². The van der Waals surface area contributed by atoms with Crippen LogP contribution in [-0.4, -0.2) is 72.7 Å². The first-order chi connectivity index (χ1) is 12.3. The van der Waals surface area contributed by atoms with Crippen molar-refractivity contribution in [3.05, 3.63) is 0 Å². The van der Waals surface area contributed by atoms with Gasteiger partial charge in [0.15, 0.2) is 0 Å². The maximum Gasteiger partial charge on any atom is 0.418 e. The third-order valence-corrected chi connectivity index (χ3v) is 5.01. The summed E-state index contributed by atoms with van der Waals surface area (Å²) in [6.07, 6.45) is 1.27. The van der Waals surface area contributed by atoms with Crippen LogP contribution in [0.5, 0.6) is 0 Å². The van der Waals surface area contributed by atoms with E-state index in [0.717, 1.165) is 0 Å². The van der Waals surface area contributed by atoms with Crippen LogP contribution in [0.2, 0.25) is 0 Å². The van der Waals surface area contributed by atoms with Crippen molar-refractivity contribution in [1.29, 1.82) is 5.26 Å². The summed E-state index contributed by atoms with van der Waals surface area (Å²) in [5, 5.41) is 12.5. The molecule has 3 heterocycles. The summed E-state index contributed by atoms with van der Waals surface area (Å²) in [6, 6.07) is -0.0615. The van der Waals surface area contributed by atoms with Gasteiger partial charge in [0.2, 0.25) is 0 Å². The molecule has 3 amide bonds. The number of amides is 3. The highest BCUT2D eigenvalue weighted by Gasteiger charge is 2.49. The maximum atomic E-state index is 12.3. The van der Waals surface area contributed by atoms with Crippen molar-refractivity contribution >= 4 is 22.3 Å². The average molecular weight is 389 g/mol. The van der Waals surface area contributed by atoms with Gasteiger partial charge in [-0.05, 0) is 19.3 Å². The van der Waals surface area contributed by atoms with Gasteiger partial charge in [-0.3, -0.25) is 14.2 Å². The molecule has 3 N–H and O–H groups in total. The number of carbonyl (C=O) groups excluding carboxylic acids is 2. The molecule has 26 heavy (non-hydrogen) atoms. The van der Waals surface area contributed by atoms with E-state index in [9.17, 15) is 18.0 Å². The van der Waals surface area contributed by atoms with E-state index < -0.39 is 34.4 Å². The number of nitrogens with zero attached hydrogens (tertiary/aromatic N) is 3. The van der Waals surface area contributed by atoms with Gasteiger partial charge in [0.1, 0.15) is 6.04 Å². The molecule has 0 radical (unpaired) electrons. The molecule has 3 saturated heterocycles. The van der Waals surface area contributed by atoms with Crippen LogP contribution in [0.25, 0.3) is 0 Å². The van der Waals surface area contributed by atoms with E-state index in [1.54, 1.807) is 0 Å². The van der Waals surface area contributed by atoms with E-state index in [-0.39, 0.29) is 25.1 Å². The Morgan fingerprint density at radius 2 is 2.23 bits per heavy atom. The Kier molecular flexibility index (Phi) is 5.30. The van der Waals surface area contributed by atoms with Crippen LogP contribution in [0, 0.1) is 17.2 Å². The van der Waals surface area contributed by atoms with Crippen molar-refractivity contribution in [1.82, 2.24) is 20.8 Å². The second-order valence-corrected chi connectivity index (χ2v) is 7.46. The van der Waals surface area contributed by atoms with E-state index in [1.807, 2.05) is 0 Å². The Labute approximate surface area is 149 Å². The molecule has 3 aliphatic heterocycles. The lowest BCUT2D eigenvalue weighted by Gasteiger charge is -2.29. The quantitative estimate of drug-likeness (QED) is 0.364. The van der Waals surface area contributed by atoms with Gasteiger partial charge in [-0.2, -0.15) is 18.7 Å². The van der Waals surface area contributed by atoms with Crippen LogP contribution >= 0.6 is 0 Å². The van der Waals surface area contributed by atoms with Crippen molar-refractivity contribution < 1.29 is 31.7 Å². The minimum Gasteiger partial charge on any atom is -0.310 e. The van der Waals surface area contributed by atoms with Gasteiger partial charge in [-0.25, -0.2) is 10.3 Å². The summed E-state index contributed by atoms with van der Waals surface area (Å²) in [7, 11) is -4.82. The minimum absolute atomic E-state index is 0.0391. The zero-order valence-corrected chi connectivity index (χ0v) is 14.5. The molecular formula is C13H19N5O7S. The number of piperidine rings is 1. The topological polar surface area (TPSA) is 161 Å². The lowest BCUT2D eigenvalue weighted by atomic mass is 10.0. The fourth-order valence-electron chi connectivity index (χ4n) is 3.43. The number of carbonyl (C=O) groups is 2. The number of rotatable bonds is 6. The predicted molar refractivity (Wildman–Crippen MR) is 83.0 cm³/mol. The molecule has 3 rings (SSSR count). The Morgan fingerprint density at radius 3 is 2.88 bits per heavy atom. The van der Waals surface area contributed by atoms with E-state index in [0.29, 0.717) is 30.9 Å². The molecule has 4 atom stereocenters. The summed E-state index contributed by atoms with van der Waals surface area (Å²) >= 11 is 0. The van der Waals surface area contributed by atoms with E-state index >= 15 is 0 Å². The van der Waals surface area contributed by atoms with Gasteiger partial charge in [0, 0.05) is 19.1 Å². The number of hydroxylamine groups is 3. The monoisotopic (exact) mass is 389 g/mol. The first-order valence-electron chi connectivity index (χ1n) is 8.10. The molecule has 144 valence electrons. The second kappa shape index (κ2) is 7.33. The van der Waals surface area contributed by atoms with Crippen molar-refractivity contribution in [2.75, 3.05) is 19.7 Å². The smallest absolute Gasteiger partial charge is 0.310 e. The lowest BCUT2D eigenvalue weighted by molar-refractivity contribution is -0.139. The maximum absolute atomic E-state index is 12.3. The Morgan fingerprint density at radius 1 is 1.46 bits per heavy atom. The largest absolute Gasteiger partial charge is 0.418 e. The molecule has 0 aromatic rings. The Bertz CT molecular complexity index is 723. The number of urea groups is 1. The Balaban J connectivity index is 1.50. The highest BCUT2D eigenvalue weighted by molar-refractivity contribution is 7.80. The van der Waals surface area contributed by atoms with Crippen LogP contribution in [0.15, 0.2) is 0 Å². The first kappa shape index (κ1) is 18.8. The molecule has 3 fully saturated rings. The van der Waals surface area contributed by atoms with Gasteiger partial charge in [0.25, 0.3) is 5.91 Å². The fourth-order valence-corrected chi connectivity index (χ4v) is 3.82. The number of nitriles is 1. The minimum atomic E-state index is -4.82. The van der Waals surface area contributed by atoms with E-state index in [1.165, 1.54) is 4.90 Å². The first-order valence-corrected chi connectivity index (χ1v) is 9.46. The van der Waals surface area contributed by atoms with Crippen LogP contribution in [-0.2, 0) is 24.3 Å². The molecule has 2 bridgehead atoms. The summed E-state index contributed by atoms with van der Waals surface area (Å²) in [6.45, 7) is 0.875. The molecule has 0 aromatic heterocycles. The molecule has 0 aliphatic carbocycles. The highest BCUT2D eigenvalue weighted by atomic mass is 32.3. The second-order valence-electron chi connectivity index (χ2n) is 6.45. The molecule has 12 nitrogen and oxygen atoms in total. The molecule has 3 aliphatic rings. The third kappa shape index (κ3) is 4.05. The van der Waals surface area contributed by atoms with Gasteiger partial charge >= 0.3 is 16.4 Å². The van der Waals surface area contributed by atoms with E-state index in [4.69, 9.17) is 14.7 Å². The number of hydrogen-bond acceptors (Lipinski definition) is 8. The lowest BCUT2D eigenvalue weighted by Crippen LogP contribution is -2.50. The highest BCUT2D eigenvalue weighted by Crippen LogP contribution is 2.30. The zero-order chi connectivity index (χ0) is 18.9.